The van der Waals surface area contributed by atoms with Gasteiger partial charge in [0, 0.05) is 32.7 Å². The monoisotopic (exact) mass is 532 g/mol. The van der Waals surface area contributed by atoms with Crippen LogP contribution in [0.15, 0.2) is 52.4 Å². The summed E-state index contributed by atoms with van der Waals surface area (Å²) in [6.45, 7) is 6.74. The SMILES string of the molecule is CC(C)(C)OC(=O)N1CCN(C(=O)[C@H](CCCN=C(N)N)NS(=O)(=O)c2ccc3ccccc3c2)CC1. The molecule has 12 heteroatoms. The Hall–Kier alpha value is -3.38. The quantitative estimate of drug-likeness (QED) is 0.264. The fourth-order valence-electron chi connectivity index (χ4n) is 3.98. The third-order valence-electron chi connectivity index (χ3n) is 5.82. The summed E-state index contributed by atoms with van der Waals surface area (Å²) in [4.78, 5) is 32.9. The van der Waals surface area contributed by atoms with Gasteiger partial charge in [-0.1, -0.05) is 30.3 Å². The molecule has 202 valence electrons. The zero-order chi connectivity index (χ0) is 27.2. The van der Waals surface area contributed by atoms with E-state index in [0.29, 0.717) is 19.5 Å². The summed E-state index contributed by atoms with van der Waals surface area (Å²) >= 11 is 0. The van der Waals surface area contributed by atoms with Crippen LogP contribution in [0.25, 0.3) is 10.8 Å². The number of guanidine groups is 1. The van der Waals surface area contributed by atoms with E-state index in [1.54, 1.807) is 42.7 Å². The second kappa shape index (κ2) is 11.8. The van der Waals surface area contributed by atoms with Crippen molar-refractivity contribution in [2.45, 2.75) is 50.2 Å². The molecule has 1 fully saturated rings. The molecule has 0 aromatic heterocycles. The van der Waals surface area contributed by atoms with E-state index in [2.05, 4.69) is 9.71 Å². The van der Waals surface area contributed by atoms with E-state index in [-0.39, 0.29) is 42.8 Å². The molecule has 1 saturated heterocycles. The lowest BCUT2D eigenvalue weighted by atomic mass is 10.1. The maximum atomic E-state index is 13.4. The van der Waals surface area contributed by atoms with Crippen LogP contribution < -0.4 is 16.2 Å². The summed E-state index contributed by atoms with van der Waals surface area (Å²) in [6, 6.07) is 11.3. The van der Waals surface area contributed by atoms with Gasteiger partial charge in [0.05, 0.1) is 4.90 Å². The maximum absolute atomic E-state index is 13.4. The van der Waals surface area contributed by atoms with E-state index in [0.717, 1.165) is 10.8 Å². The van der Waals surface area contributed by atoms with Gasteiger partial charge in [0.2, 0.25) is 15.9 Å². The summed E-state index contributed by atoms with van der Waals surface area (Å²) in [7, 11) is -4.00. The molecule has 2 amide bonds. The highest BCUT2D eigenvalue weighted by Gasteiger charge is 2.33. The van der Waals surface area contributed by atoms with Crippen LogP contribution in [0.1, 0.15) is 33.6 Å². The van der Waals surface area contributed by atoms with Crippen LogP contribution in [-0.2, 0) is 19.6 Å². The van der Waals surface area contributed by atoms with Crippen LogP contribution in [-0.4, -0.2) is 80.5 Å². The molecule has 1 heterocycles. The molecule has 2 aromatic carbocycles. The lowest BCUT2D eigenvalue weighted by Gasteiger charge is -2.37. The number of carbonyl (C=O) groups is 2. The molecule has 1 aliphatic rings. The number of aliphatic imine (C=N–C) groups is 1. The summed E-state index contributed by atoms with van der Waals surface area (Å²) < 4.78 is 34.5. The average Bonchev–Trinajstić information content (AvgIpc) is 2.84. The van der Waals surface area contributed by atoms with Crippen LogP contribution >= 0.6 is 0 Å². The molecule has 0 bridgehead atoms. The van der Waals surface area contributed by atoms with Crippen LogP contribution in [0.3, 0.4) is 0 Å². The molecule has 0 saturated carbocycles. The number of piperazine rings is 1. The molecule has 1 atom stereocenters. The first-order chi connectivity index (χ1) is 17.4. The zero-order valence-electron chi connectivity index (χ0n) is 21.5. The van der Waals surface area contributed by atoms with Crippen molar-refractivity contribution in [2.75, 3.05) is 32.7 Å². The third kappa shape index (κ3) is 8.05. The average molecular weight is 533 g/mol. The van der Waals surface area contributed by atoms with Gasteiger partial charge in [-0.25, -0.2) is 13.2 Å². The Morgan fingerprint density at radius 3 is 2.27 bits per heavy atom. The van der Waals surface area contributed by atoms with Crippen molar-refractivity contribution in [1.82, 2.24) is 14.5 Å². The van der Waals surface area contributed by atoms with Crippen molar-refractivity contribution in [1.29, 1.82) is 0 Å². The van der Waals surface area contributed by atoms with E-state index >= 15 is 0 Å². The van der Waals surface area contributed by atoms with E-state index in [1.807, 2.05) is 24.3 Å². The first kappa shape index (κ1) is 28.2. The Morgan fingerprint density at radius 2 is 1.65 bits per heavy atom. The minimum absolute atomic E-state index is 0.0714. The van der Waals surface area contributed by atoms with Crippen LogP contribution in [0, 0.1) is 0 Å². The van der Waals surface area contributed by atoms with E-state index in [4.69, 9.17) is 16.2 Å². The van der Waals surface area contributed by atoms with Gasteiger partial charge in [-0.3, -0.25) is 9.79 Å². The van der Waals surface area contributed by atoms with Crippen LogP contribution in [0.4, 0.5) is 4.79 Å². The number of amides is 2. The van der Waals surface area contributed by atoms with Crippen molar-refractivity contribution in [3.8, 4) is 0 Å². The Morgan fingerprint density at radius 1 is 1.03 bits per heavy atom. The number of rotatable bonds is 8. The fraction of sp³-hybridized carbons (Fsp3) is 0.480. The molecule has 0 radical (unpaired) electrons. The number of hydrogen-bond donors (Lipinski definition) is 3. The molecule has 3 rings (SSSR count). The fourth-order valence-corrected chi connectivity index (χ4v) is 5.24. The van der Waals surface area contributed by atoms with Gasteiger partial charge >= 0.3 is 6.09 Å². The lowest BCUT2D eigenvalue weighted by Crippen LogP contribution is -2.56. The maximum Gasteiger partial charge on any atom is 0.410 e. The molecule has 0 aliphatic carbocycles. The van der Waals surface area contributed by atoms with Gasteiger partial charge in [0.15, 0.2) is 5.96 Å². The van der Waals surface area contributed by atoms with Crippen molar-refractivity contribution in [2.24, 2.45) is 16.5 Å². The first-order valence-electron chi connectivity index (χ1n) is 12.2. The molecular formula is C25H36N6O5S. The van der Waals surface area contributed by atoms with Crippen molar-refractivity contribution >= 4 is 38.8 Å². The molecule has 1 aliphatic heterocycles. The van der Waals surface area contributed by atoms with Gasteiger partial charge in [-0.2, -0.15) is 4.72 Å². The van der Waals surface area contributed by atoms with E-state index in [9.17, 15) is 18.0 Å². The van der Waals surface area contributed by atoms with E-state index in [1.165, 1.54) is 6.07 Å². The number of nitrogens with one attached hydrogen (secondary N) is 1. The normalized spacial score (nSPS) is 15.3. The Bertz CT molecular complexity index is 1250. The second-order valence-electron chi connectivity index (χ2n) is 9.92. The highest BCUT2D eigenvalue weighted by molar-refractivity contribution is 7.89. The number of nitrogens with zero attached hydrogens (tertiary/aromatic N) is 3. The smallest absolute Gasteiger partial charge is 0.410 e. The predicted molar refractivity (Wildman–Crippen MR) is 142 cm³/mol. The Labute approximate surface area is 217 Å². The van der Waals surface area contributed by atoms with Crippen molar-refractivity contribution < 1.29 is 22.7 Å². The van der Waals surface area contributed by atoms with E-state index < -0.39 is 27.8 Å². The van der Waals surface area contributed by atoms with Gasteiger partial charge in [0.1, 0.15) is 11.6 Å². The number of benzene rings is 2. The summed E-state index contributed by atoms with van der Waals surface area (Å²) in [5.41, 5.74) is 10.1. The molecular weight excluding hydrogens is 496 g/mol. The highest BCUT2D eigenvalue weighted by atomic mass is 32.2. The standard InChI is InChI=1S/C25H36N6O5S/c1-25(2,3)36-24(33)31-15-13-30(14-16-31)22(32)21(9-6-12-28-23(26)27)29-37(34,35)20-11-10-18-7-4-5-8-19(18)17-20/h4-5,7-8,10-11,17,21,29H,6,9,12-16H2,1-3H3,(H4,26,27,28)/t21-/m0/s1. The number of ether oxygens (including phenoxy) is 1. The van der Waals surface area contributed by atoms with Crippen molar-refractivity contribution in [3.63, 3.8) is 0 Å². The van der Waals surface area contributed by atoms with Crippen LogP contribution in [0.2, 0.25) is 0 Å². The molecule has 5 N–H and O–H groups in total. The predicted octanol–water partition coefficient (Wildman–Crippen LogP) is 1.62. The second-order valence-corrected chi connectivity index (χ2v) is 11.6. The van der Waals surface area contributed by atoms with Gasteiger partial charge in [-0.15, -0.1) is 0 Å². The number of nitrogens with two attached hydrogens (primary N) is 2. The van der Waals surface area contributed by atoms with Gasteiger partial charge < -0.3 is 26.0 Å². The van der Waals surface area contributed by atoms with Crippen LogP contribution in [0.5, 0.6) is 0 Å². The molecule has 37 heavy (non-hydrogen) atoms. The number of hydrogen-bond acceptors (Lipinski definition) is 6. The Kier molecular flexibility index (Phi) is 8.98. The first-order valence-corrected chi connectivity index (χ1v) is 13.7. The van der Waals surface area contributed by atoms with Gasteiger partial charge in [0.25, 0.3) is 0 Å². The largest absolute Gasteiger partial charge is 0.444 e. The number of carbonyl (C=O) groups excluding carboxylic acids is 2. The molecule has 0 spiro atoms. The van der Waals surface area contributed by atoms with Crippen molar-refractivity contribution in [3.05, 3.63) is 42.5 Å². The lowest BCUT2D eigenvalue weighted by molar-refractivity contribution is -0.134. The topological polar surface area (TPSA) is 160 Å². The molecule has 11 nitrogen and oxygen atoms in total. The van der Waals surface area contributed by atoms with Gasteiger partial charge in [-0.05, 0) is 56.5 Å². The minimum Gasteiger partial charge on any atom is -0.444 e. The Balaban J connectivity index is 1.73. The summed E-state index contributed by atoms with van der Waals surface area (Å²) in [6.07, 6.45) is 0.159. The molecule has 2 aromatic rings. The highest BCUT2D eigenvalue weighted by Crippen LogP contribution is 2.20. The third-order valence-corrected chi connectivity index (χ3v) is 7.28. The minimum atomic E-state index is -4.00. The number of fused-ring (bicyclic) bond motifs is 1. The zero-order valence-corrected chi connectivity index (χ0v) is 22.3. The summed E-state index contributed by atoms with van der Waals surface area (Å²) in [5, 5.41) is 1.69. The molecule has 0 unspecified atom stereocenters. The summed E-state index contributed by atoms with van der Waals surface area (Å²) in [5.74, 6) is -0.434. The number of sulfonamides is 1.